The first-order valence-corrected chi connectivity index (χ1v) is 7.40. The highest BCUT2D eigenvalue weighted by Crippen LogP contribution is 2.41. The first kappa shape index (κ1) is 13.4. The van der Waals surface area contributed by atoms with Crippen LogP contribution in [0.2, 0.25) is 0 Å². The van der Waals surface area contributed by atoms with E-state index in [2.05, 4.69) is 57.2 Å². The molecular weight excluding hydrogens is 244 g/mol. The molecule has 0 fully saturated rings. The number of hydrogen-bond donors (Lipinski definition) is 1. The zero-order chi connectivity index (χ0) is 14.3. The Labute approximate surface area is 121 Å². The molecule has 1 N–H and O–H groups in total. The van der Waals surface area contributed by atoms with Gasteiger partial charge < -0.3 is 5.11 Å². The summed E-state index contributed by atoms with van der Waals surface area (Å²) in [6, 6.07) is 12.9. The molecule has 2 aromatic carbocycles. The molecule has 0 saturated heterocycles. The fourth-order valence-corrected chi connectivity index (χ4v) is 3.68. The second-order valence-electron chi connectivity index (χ2n) is 6.16. The van der Waals surface area contributed by atoms with Crippen molar-refractivity contribution >= 4 is 0 Å². The lowest BCUT2D eigenvalue weighted by molar-refractivity contribution is 0.152. The van der Waals surface area contributed by atoms with Gasteiger partial charge in [0.15, 0.2) is 0 Å². The largest absolute Gasteiger partial charge is 0.388 e. The van der Waals surface area contributed by atoms with Crippen LogP contribution in [0.25, 0.3) is 0 Å². The lowest BCUT2D eigenvalue weighted by Gasteiger charge is -2.32. The number of fused-ring (bicyclic) bond motifs is 1. The maximum Gasteiger partial charge on any atom is 0.0801 e. The fourth-order valence-electron chi connectivity index (χ4n) is 3.68. The van der Waals surface area contributed by atoms with Crippen LogP contribution in [0.4, 0.5) is 0 Å². The van der Waals surface area contributed by atoms with Gasteiger partial charge in [-0.15, -0.1) is 0 Å². The van der Waals surface area contributed by atoms with Gasteiger partial charge in [0.05, 0.1) is 6.10 Å². The molecular formula is C19H22O. The molecule has 1 heteroatoms. The summed E-state index contributed by atoms with van der Waals surface area (Å²) in [7, 11) is 0. The van der Waals surface area contributed by atoms with E-state index >= 15 is 0 Å². The summed E-state index contributed by atoms with van der Waals surface area (Å²) in [5.41, 5.74) is 7.69. The molecule has 0 radical (unpaired) electrons. The summed E-state index contributed by atoms with van der Waals surface area (Å²) in [5, 5.41) is 10.6. The molecule has 0 heterocycles. The number of benzene rings is 2. The van der Waals surface area contributed by atoms with Crippen LogP contribution in [0.15, 0.2) is 36.4 Å². The minimum atomic E-state index is -0.353. The van der Waals surface area contributed by atoms with Crippen LogP contribution in [-0.4, -0.2) is 5.11 Å². The van der Waals surface area contributed by atoms with Gasteiger partial charge in [0.25, 0.3) is 0 Å². The molecule has 2 aromatic rings. The maximum atomic E-state index is 10.6. The molecule has 1 nitrogen and oxygen atoms in total. The minimum absolute atomic E-state index is 0.353. The van der Waals surface area contributed by atoms with Gasteiger partial charge in [-0.1, -0.05) is 42.0 Å². The molecule has 20 heavy (non-hydrogen) atoms. The van der Waals surface area contributed by atoms with Crippen LogP contribution < -0.4 is 0 Å². The van der Waals surface area contributed by atoms with Gasteiger partial charge in [-0.05, 0) is 67.3 Å². The van der Waals surface area contributed by atoms with Crippen LogP contribution in [-0.2, 0) is 6.42 Å². The molecule has 1 aliphatic rings. The summed E-state index contributed by atoms with van der Waals surface area (Å²) < 4.78 is 0. The second-order valence-corrected chi connectivity index (χ2v) is 6.16. The smallest absolute Gasteiger partial charge is 0.0801 e. The average molecular weight is 266 g/mol. The van der Waals surface area contributed by atoms with Crippen LogP contribution in [0.1, 0.15) is 51.8 Å². The number of rotatable bonds is 3. The summed E-state index contributed by atoms with van der Waals surface area (Å²) in [5.74, 6) is 0.515. The number of aryl methyl sites for hydroxylation is 3. The summed E-state index contributed by atoms with van der Waals surface area (Å²) in [6.07, 6.45) is 1.59. The average Bonchev–Trinajstić information content (AvgIpc) is 2.34. The highest BCUT2D eigenvalue weighted by atomic mass is 16.3. The minimum Gasteiger partial charge on any atom is -0.388 e. The Morgan fingerprint density at radius 3 is 2.40 bits per heavy atom. The van der Waals surface area contributed by atoms with E-state index in [0.29, 0.717) is 5.92 Å². The second kappa shape index (κ2) is 5.06. The molecule has 0 amide bonds. The third kappa shape index (κ3) is 2.27. The van der Waals surface area contributed by atoms with E-state index in [1.165, 1.54) is 27.8 Å². The molecule has 1 aliphatic carbocycles. The van der Waals surface area contributed by atoms with Crippen LogP contribution in [0, 0.1) is 20.8 Å². The Kier molecular flexibility index (Phi) is 3.39. The zero-order valence-corrected chi connectivity index (χ0v) is 12.5. The van der Waals surface area contributed by atoms with E-state index in [0.717, 1.165) is 18.4 Å². The van der Waals surface area contributed by atoms with E-state index in [9.17, 15) is 5.11 Å². The van der Waals surface area contributed by atoms with E-state index in [1.54, 1.807) is 0 Å². The normalized spacial score (nSPS) is 18.3. The van der Waals surface area contributed by atoms with Crippen molar-refractivity contribution in [2.24, 2.45) is 0 Å². The Balaban J connectivity index is 1.80. The summed E-state index contributed by atoms with van der Waals surface area (Å²) >= 11 is 0. The van der Waals surface area contributed by atoms with E-state index in [1.807, 2.05) is 0 Å². The molecule has 0 aliphatic heterocycles. The zero-order valence-electron chi connectivity index (χ0n) is 12.5. The lowest BCUT2D eigenvalue weighted by atomic mass is 9.74. The van der Waals surface area contributed by atoms with Crippen molar-refractivity contribution in [1.29, 1.82) is 0 Å². The Morgan fingerprint density at radius 2 is 1.75 bits per heavy atom. The van der Waals surface area contributed by atoms with Crippen LogP contribution in [0.5, 0.6) is 0 Å². The number of aliphatic hydroxyl groups is 1. The van der Waals surface area contributed by atoms with E-state index < -0.39 is 0 Å². The Morgan fingerprint density at radius 1 is 1.10 bits per heavy atom. The van der Waals surface area contributed by atoms with Crippen LogP contribution in [0.3, 0.4) is 0 Å². The van der Waals surface area contributed by atoms with Gasteiger partial charge in [0.2, 0.25) is 0 Å². The standard InChI is InChI=1S/C19H22O/c1-12-8-13(2)19(14(3)9-12)18(20)11-16-10-15-6-4-5-7-17(15)16/h4-9,16,18,20H,10-11H2,1-3H3. The van der Waals surface area contributed by atoms with Crippen molar-refractivity contribution in [1.82, 2.24) is 0 Å². The highest BCUT2D eigenvalue weighted by molar-refractivity contribution is 5.42. The third-order valence-corrected chi connectivity index (χ3v) is 4.54. The van der Waals surface area contributed by atoms with Crippen molar-refractivity contribution in [2.75, 3.05) is 0 Å². The molecule has 0 aromatic heterocycles. The van der Waals surface area contributed by atoms with Gasteiger partial charge in [0.1, 0.15) is 0 Å². The van der Waals surface area contributed by atoms with Gasteiger partial charge in [0, 0.05) is 0 Å². The van der Waals surface area contributed by atoms with E-state index in [-0.39, 0.29) is 6.10 Å². The van der Waals surface area contributed by atoms with Crippen molar-refractivity contribution < 1.29 is 5.11 Å². The number of aliphatic hydroxyl groups excluding tert-OH is 1. The molecule has 104 valence electrons. The number of hydrogen-bond acceptors (Lipinski definition) is 1. The predicted octanol–water partition coefficient (Wildman–Crippen LogP) is 4.38. The lowest BCUT2D eigenvalue weighted by Crippen LogP contribution is -2.20. The van der Waals surface area contributed by atoms with Gasteiger partial charge in [-0.2, -0.15) is 0 Å². The van der Waals surface area contributed by atoms with Crippen molar-refractivity contribution in [3.8, 4) is 0 Å². The van der Waals surface area contributed by atoms with Crippen molar-refractivity contribution in [3.63, 3.8) is 0 Å². The molecule has 0 saturated carbocycles. The Bertz CT molecular complexity index is 619. The topological polar surface area (TPSA) is 20.2 Å². The van der Waals surface area contributed by atoms with Gasteiger partial charge in [-0.3, -0.25) is 0 Å². The maximum absolute atomic E-state index is 10.6. The fraction of sp³-hybridized carbons (Fsp3) is 0.368. The predicted molar refractivity (Wildman–Crippen MR) is 83.1 cm³/mol. The third-order valence-electron chi connectivity index (χ3n) is 4.54. The molecule has 2 atom stereocenters. The summed E-state index contributed by atoms with van der Waals surface area (Å²) in [4.78, 5) is 0. The molecule has 3 rings (SSSR count). The quantitative estimate of drug-likeness (QED) is 0.874. The summed E-state index contributed by atoms with van der Waals surface area (Å²) in [6.45, 7) is 6.32. The highest BCUT2D eigenvalue weighted by Gasteiger charge is 2.28. The molecule has 0 bridgehead atoms. The van der Waals surface area contributed by atoms with Gasteiger partial charge >= 0.3 is 0 Å². The molecule has 2 unspecified atom stereocenters. The van der Waals surface area contributed by atoms with Crippen molar-refractivity contribution in [3.05, 3.63) is 69.8 Å². The first-order chi connectivity index (χ1) is 9.56. The monoisotopic (exact) mass is 266 g/mol. The van der Waals surface area contributed by atoms with Gasteiger partial charge in [-0.25, -0.2) is 0 Å². The van der Waals surface area contributed by atoms with E-state index in [4.69, 9.17) is 0 Å². The van der Waals surface area contributed by atoms with Crippen LogP contribution >= 0.6 is 0 Å². The Hall–Kier alpha value is -1.60. The molecule has 0 spiro atoms. The SMILES string of the molecule is Cc1cc(C)c(C(O)CC2Cc3ccccc32)c(C)c1. The first-order valence-electron chi connectivity index (χ1n) is 7.40. The van der Waals surface area contributed by atoms with Crippen molar-refractivity contribution in [2.45, 2.75) is 45.6 Å².